The van der Waals surface area contributed by atoms with Crippen LogP contribution >= 0.6 is 0 Å². The number of amides is 1. The van der Waals surface area contributed by atoms with Crippen molar-refractivity contribution < 1.29 is 9.18 Å². The monoisotopic (exact) mass is 379 g/mol. The van der Waals surface area contributed by atoms with E-state index in [9.17, 15) is 9.18 Å². The van der Waals surface area contributed by atoms with Gasteiger partial charge in [0.1, 0.15) is 5.82 Å². The van der Waals surface area contributed by atoms with Crippen LogP contribution in [-0.4, -0.2) is 5.91 Å². The standard InChI is InChI=1S/C25H30FNO/c1-2-17-9-12-21(13-10-17)24(20-5-3-4-6-20)25(28)27-23-16-19(11-14-22(23)26)15-18-7-8-18/h9-14,16,18,20,24H,2-8,15H2,1H3,(H,27,28)/t24-/m0/s1. The lowest BCUT2D eigenvalue weighted by Crippen LogP contribution is -2.27. The maximum Gasteiger partial charge on any atom is 0.232 e. The van der Waals surface area contributed by atoms with Crippen LogP contribution in [0.2, 0.25) is 0 Å². The summed E-state index contributed by atoms with van der Waals surface area (Å²) in [5.41, 5.74) is 3.77. The predicted octanol–water partition coefficient (Wildman–Crippen LogP) is 6.25. The number of benzene rings is 2. The Morgan fingerprint density at radius 3 is 2.36 bits per heavy atom. The van der Waals surface area contributed by atoms with Crippen LogP contribution in [0.4, 0.5) is 10.1 Å². The van der Waals surface area contributed by atoms with Gasteiger partial charge in [-0.2, -0.15) is 0 Å². The van der Waals surface area contributed by atoms with Crippen LogP contribution in [0.5, 0.6) is 0 Å². The summed E-state index contributed by atoms with van der Waals surface area (Å²) < 4.78 is 14.4. The molecule has 0 aliphatic heterocycles. The topological polar surface area (TPSA) is 29.1 Å². The number of carbonyl (C=O) groups is 1. The quantitative estimate of drug-likeness (QED) is 0.605. The second kappa shape index (κ2) is 8.46. The molecule has 0 spiro atoms. The minimum absolute atomic E-state index is 0.0707. The molecule has 2 aromatic rings. The Morgan fingerprint density at radius 1 is 1.04 bits per heavy atom. The molecule has 0 unspecified atom stereocenters. The van der Waals surface area contributed by atoms with E-state index >= 15 is 0 Å². The van der Waals surface area contributed by atoms with Gasteiger partial charge in [-0.1, -0.05) is 50.1 Å². The Hall–Kier alpha value is -2.16. The van der Waals surface area contributed by atoms with Gasteiger partial charge in [0.05, 0.1) is 11.6 Å². The summed E-state index contributed by atoms with van der Waals surface area (Å²) in [5.74, 6) is 0.445. The number of rotatable bonds is 7. The molecule has 3 heteroatoms. The first-order valence-corrected chi connectivity index (χ1v) is 10.8. The minimum Gasteiger partial charge on any atom is -0.323 e. The highest BCUT2D eigenvalue weighted by Gasteiger charge is 2.32. The van der Waals surface area contributed by atoms with Crippen LogP contribution < -0.4 is 5.32 Å². The van der Waals surface area contributed by atoms with Gasteiger partial charge in [-0.15, -0.1) is 0 Å². The summed E-state index contributed by atoms with van der Waals surface area (Å²) >= 11 is 0. The van der Waals surface area contributed by atoms with Crippen LogP contribution in [0, 0.1) is 17.7 Å². The van der Waals surface area contributed by atoms with E-state index < -0.39 is 0 Å². The Kier molecular flexibility index (Phi) is 5.79. The van der Waals surface area contributed by atoms with Gasteiger partial charge < -0.3 is 5.32 Å². The van der Waals surface area contributed by atoms with Crippen LogP contribution in [0.3, 0.4) is 0 Å². The molecular formula is C25H30FNO. The van der Waals surface area contributed by atoms with E-state index in [1.165, 1.54) is 37.3 Å². The molecule has 0 heterocycles. The lowest BCUT2D eigenvalue weighted by Gasteiger charge is -2.24. The number of carbonyl (C=O) groups excluding carboxylic acids is 1. The average Bonchev–Trinajstić information content (AvgIpc) is 3.36. The van der Waals surface area contributed by atoms with E-state index in [0.29, 0.717) is 11.6 Å². The third kappa shape index (κ3) is 4.45. The van der Waals surface area contributed by atoms with E-state index in [1.54, 1.807) is 0 Å². The normalized spacial score (nSPS) is 18.2. The second-order valence-corrected chi connectivity index (χ2v) is 8.57. The third-order valence-corrected chi connectivity index (χ3v) is 6.41. The molecule has 0 bridgehead atoms. The van der Waals surface area contributed by atoms with Gasteiger partial charge in [-0.05, 0) is 79.2 Å². The number of anilines is 1. The molecule has 1 amide bonds. The van der Waals surface area contributed by atoms with Crippen LogP contribution in [0.15, 0.2) is 42.5 Å². The SMILES string of the molecule is CCc1ccc([C@@H](C(=O)Nc2cc(CC3CC3)ccc2F)C2CCCC2)cc1. The number of halogens is 1. The zero-order chi connectivity index (χ0) is 19.5. The maximum atomic E-state index is 14.4. The molecule has 0 radical (unpaired) electrons. The Bertz CT molecular complexity index is 819. The zero-order valence-electron chi connectivity index (χ0n) is 16.7. The highest BCUT2D eigenvalue weighted by atomic mass is 19.1. The van der Waals surface area contributed by atoms with Gasteiger partial charge in [0.25, 0.3) is 0 Å². The van der Waals surface area contributed by atoms with Crippen molar-refractivity contribution in [2.24, 2.45) is 11.8 Å². The molecule has 2 aliphatic carbocycles. The van der Waals surface area contributed by atoms with Gasteiger partial charge in [0.15, 0.2) is 0 Å². The molecule has 1 N–H and O–H groups in total. The lowest BCUT2D eigenvalue weighted by atomic mass is 9.83. The van der Waals surface area contributed by atoms with Crippen LogP contribution in [0.1, 0.15) is 68.1 Å². The van der Waals surface area contributed by atoms with Crippen molar-refractivity contribution in [2.75, 3.05) is 5.32 Å². The Balaban J connectivity index is 1.56. The zero-order valence-corrected chi connectivity index (χ0v) is 16.7. The molecular weight excluding hydrogens is 349 g/mol. The molecule has 4 rings (SSSR count). The van der Waals surface area contributed by atoms with E-state index in [4.69, 9.17) is 0 Å². The first kappa shape index (κ1) is 19.2. The molecule has 2 aromatic carbocycles. The fraction of sp³-hybridized carbons (Fsp3) is 0.480. The van der Waals surface area contributed by atoms with Crippen LogP contribution in [-0.2, 0) is 17.6 Å². The third-order valence-electron chi connectivity index (χ3n) is 6.41. The van der Waals surface area contributed by atoms with Crippen molar-refractivity contribution in [2.45, 2.75) is 64.2 Å². The molecule has 0 saturated heterocycles. The fourth-order valence-corrected chi connectivity index (χ4v) is 4.55. The average molecular weight is 380 g/mol. The highest BCUT2D eigenvalue weighted by Crippen LogP contribution is 2.39. The van der Waals surface area contributed by atoms with E-state index in [2.05, 4.69) is 36.5 Å². The molecule has 2 aliphatic rings. The Labute approximate surface area is 167 Å². The summed E-state index contributed by atoms with van der Waals surface area (Å²) in [7, 11) is 0. The van der Waals surface area contributed by atoms with E-state index in [0.717, 1.165) is 42.7 Å². The number of hydrogen-bond donors (Lipinski definition) is 1. The fourth-order valence-electron chi connectivity index (χ4n) is 4.55. The highest BCUT2D eigenvalue weighted by molar-refractivity contribution is 5.96. The van der Waals surface area contributed by atoms with Crippen molar-refractivity contribution >= 4 is 11.6 Å². The summed E-state index contributed by atoms with van der Waals surface area (Å²) in [6.07, 6.45) is 8.97. The van der Waals surface area contributed by atoms with Crippen molar-refractivity contribution in [3.05, 3.63) is 65.0 Å². The molecule has 0 aromatic heterocycles. The van der Waals surface area contributed by atoms with Gasteiger partial charge in [-0.3, -0.25) is 4.79 Å². The second-order valence-electron chi connectivity index (χ2n) is 8.57. The van der Waals surface area contributed by atoms with Crippen molar-refractivity contribution in [1.29, 1.82) is 0 Å². The number of nitrogens with one attached hydrogen (secondary N) is 1. The lowest BCUT2D eigenvalue weighted by molar-refractivity contribution is -0.118. The van der Waals surface area contributed by atoms with Crippen LogP contribution in [0.25, 0.3) is 0 Å². The van der Waals surface area contributed by atoms with Gasteiger partial charge >= 0.3 is 0 Å². The predicted molar refractivity (Wildman–Crippen MR) is 112 cm³/mol. The maximum absolute atomic E-state index is 14.4. The minimum atomic E-state index is -0.348. The van der Waals surface area contributed by atoms with Gasteiger partial charge in [0.2, 0.25) is 5.91 Å². The van der Waals surface area contributed by atoms with E-state index in [-0.39, 0.29) is 17.6 Å². The largest absolute Gasteiger partial charge is 0.323 e. The van der Waals surface area contributed by atoms with Gasteiger partial charge in [0, 0.05) is 0 Å². The van der Waals surface area contributed by atoms with Crippen molar-refractivity contribution in [3.63, 3.8) is 0 Å². The molecule has 1 atom stereocenters. The Morgan fingerprint density at radius 2 is 1.71 bits per heavy atom. The summed E-state index contributed by atoms with van der Waals surface area (Å²) in [6.45, 7) is 2.13. The molecule has 28 heavy (non-hydrogen) atoms. The molecule has 2 nitrogen and oxygen atoms in total. The van der Waals surface area contributed by atoms with Gasteiger partial charge in [-0.25, -0.2) is 4.39 Å². The first-order chi connectivity index (χ1) is 13.6. The molecule has 148 valence electrons. The summed E-state index contributed by atoms with van der Waals surface area (Å²) in [5, 5.41) is 2.93. The molecule has 2 fully saturated rings. The molecule has 2 saturated carbocycles. The smallest absolute Gasteiger partial charge is 0.232 e. The van der Waals surface area contributed by atoms with Crippen molar-refractivity contribution in [1.82, 2.24) is 0 Å². The first-order valence-electron chi connectivity index (χ1n) is 10.8. The number of hydrogen-bond acceptors (Lipinski definition) is 1. The number of aryl methyl sites for hydroxylation is 1. The van der Waals surface area contributed by atoms with Crippen molar-refractivity contribution in [3.8, 4) is 0 Å². The summed E-state index contributed by atoms with van der Waals surface area (Å²) in [6, 6.07) is 13.6. The van der Waals surface area contributed by atoms with E-state index in [1.807, 2.05) is 12.1 Å². The summed E-state index contributed by atoms with van der Waals surface area (Å²) in [4.78, 5) is 13.3.